The minimum Gasteiger partial charge on any atom is -0.339 e. The van der Waals surface area contributed by atoms with E-state index in [1.807, 2.05) is 42.2 Å². The normalized spacial score (nSPS) is 13.4. The van der Waals surface area contributed by atoms with Gasteiger partial charge in [0.25, 0.3) is 21.8 Å². The van der Waals surface area contributed by atoms with Crippen molar-refractivity contribution >= 4 is 33.2 Å². The number of likely N-dealkylation sites (tertiary alicyclic amines) is 1. The monoisotopic (exact) mass is 567 g/mol. The first-order valence-corrected chi connectivity index (χ1v) is 15.2. The maximum absolute atomic E-state index is 14.0. The Hall–Kier alpha value is -4.43. The first kappa shape index (κ1) is 28.1. The number of para-hydroxylation sites is 2. The van der Waals surface area contributed by atoms with Crippen LogP contribution in [0.3, 0.4) is 0 Å². The second-order valence-corrected chi connectivity index (χ2v) is 12.0. The van der Waals surface area contributed by atoms with Gasteiger partial charge in [0, 0.05) is 13.1 Å². The highest BCUT2D eigenvalue weighted by Gasteiger charge is 2.29. The van der Waals surface area contributed by atoms with Crippen molar-refractivity contribution in [3.8, 4) is 0 Å². The topological polar surface area (TPSA) is 86.8 Å². The lowest BCUT2D eigenvalue weighted by Gasteiger charge is -2.28. The maximum Gasteiger partial charge on any atom is 0.264 e. The third-order valence-corrected chi connectivity index (χ3v) is 9.02. The number of amides is 2. The number of anilines is 2. The fourth-order valence-corrected chi connectivity index (χ4v) is 6.48. The van der Waals surface area contributed by atoms with Gasteiger partial charge in [-0.15, -0.1) is 0 Å². The first-order chi connectivity index (χ1) is 19.8. The number of aryl methyl sites for hydroxylation is 1. The number of piperidine rings is 1. The summed E-state index contributed by atoms with van der Waals surface area (Å²) in [5.74, 6) is -0.627. The van der Waals surface area contributed by atoms with E-state index in [-0.39, 0.29) is 28.6 Å². The molecule has 4 aromatic carbocycles. The number of carbonyl (C=O) groups excluding carboxylic acids is 2. The number of benzene rings is 4. The van der Waals surface area contributed by atoms with Crippen molar-refractivity contribution in [3.05, 3.63) is 125 Å². The van der Waals surface area contributed by atoms with Crippen molar-refractivity contribution in [3.63, 3.8) is 0 Å². The number of carbonyl (C=O) groups is 2. The van der Waals surface area contributed by atoms with E-state index in [1.165, 1.54) is 4.31 Å². The molecule has 7 nitrogen and oxygen atoms in total. The summed E-state index contributed by atoms with van der Waals surface area (Å²) < 4.78 is 29.4. The van der Waals surface area contributed by atoms with Gasteiger partial charge in [-0.05, 0) is 68.1 Å². The fourth-order valence-electron chi connectivity index (χ4n) is 5.01. The quantitative estimate of drug-likeness (QED) is 0.272. The lowest BCUT2D eigenvalue weighted by atomic mass is 10.1. The van der Waals surface area contributed by atoms with Crippen LogP contribution in [0.2, 0.25) is 0 Å². The molecule has 1 aliphatic heterocycles. The molecule has 0 atom stereocenters. The van der Waals surface area contributed by atoms with E-state index >= 15 is 0 Å². The van der Waals surface area contributed by atoms with Gasteiger partial charge in [-0.2, -0.15) is 0 Å². The van der Waals surface area contributed by atoms with E-state index in [0.717, 1.165) is 30.4 Å². The van der Waals surface area contributed by atoms with Gasteiger partial charge in [0.2, 0.25) is 0 Å². The molecule has 0 unspecified atom stereocenters. The van der Waals surface area contributed by atoms with E-state index in [0.29, 0.717) is 24.3 Å². The number of rotatable bonds is 8. The van der Waals surface area contributed by atoms with Gasteiger partial charge in [0.05, 0.1) is 33.9 Å². The zero-order valence-electron chi connectivity index (χ0n) is 23.0. The molecule has 0 saturated carbocycles. The summed E-state index contributed by atoms with van der Waals surface area (Å²) in [7, 11) is -4.04. The van der Waals surface area contributed by atoms with Gasteiger partial charge in [-0.1, -0.05) is 72.3 Å². The molecule has 1 heterocycles. The van der Waals surface area contributed by atoms with Crippen LogP contribution in [0.1, 0.15) is 51.1 Å². The molecule has 4 aromatic rings. The van der Waals surface area contributed by atoms with Gasteiger partial charge in [-0.25, -0.2) is 8.42 Å². The summed E-state index contributed by atoms with van der Waals surface area (Å²) in [5, 5.41) is 2.90. The van der Waals surface area contributed by atoms with E-state index < -0.39 is 15.9 Å². The van der Waals surface area contributed by atoms with Crippen LogP contribution in [0.5, 0.6) is 0 Å². The lowest BCUT2D eigenvalue weighted by molar-refractivity contribution is 0.0725. The summed E-state index contributed by atoms with van der Waals surface area (Å²) in [6.07, 6.45) is 3.02. The van der Waals surface area contributed by atoms with E-state index in [2.05, 4.69) is 5.32 Å². The van der Waals surface area contributed by atoms with E-state index in [1.54, 1.807) is 72.8 Å². The summed E-state index contributed by atoms with van der Waals surface area (Å²) in [6.45, 7) is 3.31. The zero-order chi connectivity index (χ0) is 28.8. The molecule has 1 saturated heterocycles. The van der Waals surface area contributed by atoms with Crippen molar-refractivity contribution in [2.24, 2.45) is 0 Å². The molecular formula is C33H33N3O4S. The second kappa shape index (κ2) is 12.4. The standard InChI is InChI=1S/C33H33N3O4S/c1-25-18-20-27(21-19-25)41(39,40)36(24-26-12-4-2-5-13-26)31-17-9-7-15-29(31)32(37)34-30-16-8-6-14-28(30)33(38)35-22-10-3-11-23-35/h2,4-9,12-21H,3,10-11,22-24H2,1H3,(H,34,37). The van der Waals surface area contributed by atoms with Crippen molar-refractivity contribution in [2.75, 3.05) is 22.7 Å². The highest BCUT2D eigenvalue weighted by molar-refractivity contribution is 7.92. The predicted molar refractivity (Wildman–Crippen MR) is 162 cm³/mol. The van der Waals surface area contributed by atoms with Crippen LogP contribution in [0.4, 0.5) is 11.4 Å². The SMILES string of the molecule is Cc1ccc(S(=O)(=O)N(Cc2ccccc2)c2ccccc2C(=O)Nc2ccccc2C(=O)N2CCCCC2)cc1. The van der Waals surface area contributed by atoms with Crippen LogP contribution in [-0.2, 0) is 16.6 Å². The summed E-state index contributed by atoms with van der Waals surface area (Å²) in [6, 6.07) is 29.5. The Balaban J connectivity index is 1.52. The van der Waals surface area contributed by atoms with Gasteiger partial charge >= 0.3 is 0 Å². The molecule has 210 valence electrons. The summed E-state index contributed by atoms with van der Waals surface area (Å²) >= 11 is 0. The highest BCUT2D eigenvalue weighted by atomic mass is 32.2. The Morgan fingerprint density at radius 2 is 1.37 bits per heavy atom. The third kappa shape index (κ3) is 6.33. The molecule has 0 aliphatic carbocycles. The van der Waals surface area contributed by atoms with Gasteiger partial charge in [0.1, 0.15) is 0 Å². The molecule has 0 spiro atoms. The molecule has 0 aromatic heterocycles. The Morgan fingerprint density at radius 3 is 2.07 bits per heavy atom. The summed E-state index contributed by atoms with van der Waals surface area (Å²) in [4.78, 5) is 29.1. The molecule has 41 heavy (non-hydrogen) atoms. The minimum absolute atomic E-state index is 0.0331. The van der Waals surface area contributed by atoms with Crippen LogP contribution in [-0.4, -0.2) is 38.2 Å². The van der Waals surface area contributed by atoms with Crippen LogP contribution in [0.25, 0.3) is 0 Å². The smallest absolute Gasteiger partial charge is 0.264 e. The van der Waals surface area contributed by atoms with Gasteiger partial charge < -0.3 is 10.2 Å². The van der Waals surface area contributed by atoms with E-state index in [9.17, 15) is 18.0 Å². The van der Waals surface area contributed by atoms with Gasteiger partial charge in [-0.3, -0.25) is 13.9 Å². The predicted octanol–water partition coefficient (Wildman–Crippen LogP) is 6.27. The molecule has 8 heteroatoms. The number of hydrogen-bond acceptors (Lipinski definition) is 4. The Morgan fingerprint density at radius 1 is 0.756 bits per heavy atom. The Labute approximate surface area is 241 Å². The van der Waals surface area contributed by atoms with Crippen LogP contribution < -0.4 is 9.62 Å². The van der Waals surface area contributed by atoms with Crippen molar-refractivity contribution < 1.29 is 18.0 Å². The molecule has 2 amide bonds. The van der Waals surface area contributed by atoms with Gasteiger partial charge in [0.15, 0.2) is 0 Å². The minimum atomic E-state index is -4.04. The molecule has 0 radical (unpaired) electrons. The maximum atomic E-state index is 14.0. The molecular weight excluding hydrogens is 534 g/mol. The highest BCUT2D eigenvalue weighted by Crippen LogP contribution is 2.30. The second-order valence-electron chi connectivity index (χ2n) is 10.2. The largest absolute Gasteiger partial charge is 0.339 e. The number of nitrogens with zero attached hydrogens (tertiary/aromatic N) is 2. The average Bonchev–Trinajstić information content (AvgIpc) is 3.01. The average molecular weight is 568 g/mol. The third-order valence-electron chi connectivity index (χ3n) is 7.24. The van der Waals surface area contributed by atoms with Crippen molar-refractivity contribution in [1.29, 1.82) is 0 Å². The molecule has 1 aliphatic rings. The van der Waals surface area contributed by atoms with Crippen LogP contribution in [0.15, 0.2) is 108 Å². The summed E-state index contributed by atoms with van der Waals surface area (Å²) in [5.41, 5.74) is 2.94. The van der Waals surface area contributed by atoms with E-state index in [4.69, 9.17) is 0 Å². The molecule has 5 rings (SSSR count). The molecule has 1 fully saturated rings. The fraction of sp³-hybridized carbons (Fsp3) is 0.212. The van der Waals surface area contributed by atoms with Crippen molar-refractivity contribution in [2.45, 2.75) is 37.6 Å². The zero-order valence-corrected chi connectivity index (χ0v) is 23.8. The molecule has 1 N–H and O–H groups in total. The number of nitrogens with one attached hydrogen (secondary N) is 1. The lowest BCUT2D eigenvalue weighted by Crippen LogP contribution is -2.36. The van der Waals surface area contributed by atoms with Crippen LogP contribution in [0, 0.1) is 6.92 Å². The van der Waals surface area contributed by atoms with Crippen LogP contribution >= 0.6 is 0 Å². The Kier molecular flexibility index (Phi) is 8.50. The van der Waals surface area contributed by atoms with Crippen molar-refractivity contribution in [1.82, 2.24) is 4.90 Å². The molecule has 0 bridgehead atoms. The number of sulfonamides is 1. The number of hydrogen-bond donors (Lipinski definition) is 1. The first-order valence-electron chi connectivity index (χ1n) is 13.8. The Bertz CT molecular complexity index is 1630.